The van der Waals surface area contributed by atoms with Crippen LogP contribution in [0.5, 0.6) is 0 Å². The van der Waals surface area contributed by atoms with E-state index in [0.717, 1.165) is 25.9 Å². The van der Waals surface area contributed by atoms with Crippen molar-refractivity contribution in [3.63, 3.8) is 0 Å². The number of hydrogen-bond donors (Lipinski definition) is 2. The summed E-state index contributed by atoms with van der Waals surface area (Å²) in [6.07, 6.45) is 1.99. The van der Waals surface area contributed by atoms with Crippen LogP contribution in [0.3, 0.4) is 0 Å². The second-order valence-electron chi connectivity index (χ2n) is 9.34. The van der Waals surface area contributed by atoms with Crippen LogP contribution in [-0.2, 0) is 19.6 Å². The summed E-state index contributed by atoms with van der Waals surface area (Å²) in [6.45, 7) is 4.44. The maximum Gasteiger partial charge on any atom is 0.296 e. The fourth-order valence-corrected chi connectivity index (χ4v) is 5.85. The minimum atomic E-state index is -4.65. The van der Waals surface area contributed by atoms with Crippen molar-refractivity contribution in [2.75, 3.05) is 24.5 Å². The summed E-state index contributed by atoms with van der Waals surface area (Å²) in [5.74, 6) is -0.121. The van der Waals surface area contributed by atoms with Crippen molar-refractivity contribution in [1.29, 1.82) is 0 Å². The second-order valence-corrected chi connectivity index (χ2v) is 10.7. The number of para-hydroxylation sites is 1. The Morgan fingerprint density at radius 2 is 1.92 bits per heavy atom. The third-order valence-corrected chi connectivity index (χ3v) is 7.89. The minimum Gasteiger partial charge on any atom is -0.458 e. The Bertz CT molecular complexity index is 1350. The summed E-state index contributed by atoms with van der Waals surface area (Å²) < 4.78 is 40.2. The quantitative estimate of drug-likeness (QED) is 0.338. The molecule has 0 radical (unpaired) electrons. The zero-order chi connectivity index (χ0) is 25.6. The molecule has 36 heavy (non-hydrogen) atoms. The van der Waals surface area contributed by atoms with E-state index in [-0.39, 0.29) is 28.7 Å². The fraction of sp³-hybridized carbons (Fsp3) is 0.375. The molecule has 3 fully saturated rings. The van der Waals surface area contributed by atoms with Crippen molar-refractivity contribution in [3.05, 3.63) is 69.9 Å². The molecule has 1 unspecified atom stereocenters. The van der Waals surface area contributed by atoms with E-state index < -0.39 is 32.1 Å². The number of aryl methyl sites for hydroxylation is 1. The minimum absolute atomic E-state index is 0.0279. The number of piperidine rings is 3. The van der Waals surface area contributed by atoms with Crippen LogP contribution in [0.15, 0.2) is 53.6 Å². The van der Waals surface area contributed by atoms with Crippen LogP contribution < -0.4 is 10.2 Å². The van der Waals surface area contributed by atoms with Gasteiger partial charge in [-0.1, -0.05) is 18.2 Å². The van der Waals surface area contributed by atoms with Crippen molar-refractivity contribution < 1.29 is 27.4 Å². The molecule has 0 aliphatic carbocycles. The number of anilines is 1. The Morgan fingerprint density at radius 1 is 1.19 bits per heavy atom. The summed E-state index contributed by atoms with van der Waals surface area (Å²) in [5.41, 5.74) is 0.634. The van der Waals surface area contributed by atoms with Gasteiger partial charge in [0.2, 0.25) is 0 Å². The smallest absolute Gasteiger partial charge is 0.296 e. The Labute approximate surface area is 208 Å². The number of rotatable bonds is 6. The number of nitrogens with zero attached hydrogens (tertiary/aromatic N) is 3. The van der Waals surface area contributed by atoms with Crippen LogP contribution in [0.2, 0.25) is 0 Å². The van der Waals surface area contributed by atoms with E-state index in [4.69, 9.17) is 4.74 Å². The fourth-order valence-electron chi connectivity index (χ4n) is 5.18. The van der Waals surface area contributed by atoms with E-state index >= 15 is 0 Å². The number of benzene rings is 2. The zero-order valence-electron chi connectivity index (χ0n) is 19.5. The lowest BCUT2D eigenvalue weighted by atomic mass is 9.84. The number of fused-ring (bicyclic) bond motifs is 3. The van der Waals surface area contributed by atoms with Gasteiger partial charge in [-0.2, -0.15) is 8.42 Å². The monoisotopic (exact) mass is 514 g/mol. The van der Waals surface area contributed by atoms with Crippen LogP contribution >= 0.6 is 0 Å². The first-order valence-corrected chi connectivity index (χ1v) is 13.1. The molecule has 4 heterocycles. The number of ether oxygens (including phenoxy) is 1. The van der Waals surface area contributed by atoms with Gasteiger partial charge in [0.15, 0.2) is 5.76 Å². The zero-order valence-corrected chi connectivity index (χ0v) is 20.3. The van der Waals surface area contributed by atoms with E-state index in [1.165, 1.54) is 47.5 Å². The number of nitrogens with one attached hydrogen (secondary N) is 1. The molecule has 4 aliphatic heterocycles. The maximum atomic E-state index is 13.5. The lowest BCUT2D eigenvalue weighted by Crippen LogP contribution is -2.59. The lowest BCUT2D eigenvalue weighted by Gasteiger charge is -2.45. The van der Waals surface area contributed by atoms with Gasteiger partial charge >= 0.3 is 0 Å². The summed E-state index contributed by atoms with van der Waals surface area (Å²) in [6, 6.07) is 10.1. The van der Waals surface area contributed by atoms with Crippen LogP contribution in [0, 0.1) is 23.0 Å². The lowest BCUT2D eigenvalue weighted by molar-refractivity contribution is -0.385. The highest BCUT2D eigenvalue weighted by atomic mass is 32.2. The number of hydrogen-bond acceptors (Lipinski definition) is 8. The highest BCUT2D eigenvalue weighted by molar-refractivity contribution is 7.86. The number of carbonyl (C=O) groups is 1. The third-order valence-electron chi connectivity index (χ3n) is 6.99. The van der Waals surface area contributed by atoms with Crippen molar-refractivity contribution in [2.24, 2.45) is 5.92 Å². The van der Waals surface area contributed by atoms with Crippen molar-refractivity contribution in [1.82, 2.24) is 10.2 Å². The van der Waals surface area contributed by atoms with Gasteiger partial charge in [-0.05, 0) is 62.5 Å². The molecule has 2 aromatic carbocycles. The van der Waals surface area contributed by atoms with E-state index in [0.29, 0.717) is 18.0 Å². The van der Waals surface area contributed by atoms with Gasteiger partial charge in [-0.25, -0.2) is 0 Å². The molecule has 2 N–H and O–H groups in total. The molecule has 2 atom stereocenters. The Kier molecular flexibility index (Phi) is 6.18. The largest absolute Gasteiger partial charge is 0.458 e. The van der Waals surface area contributed by atoms with Crippen molar-refractivity contribution in [3.8, 4) is 0 Å². The molecule has 3 saturated heterocycles. The molecule has 6 rings (SSSR count). The van der Waals surface area contributed by atoms with Gasteiger partial charge in [0.05, 0.1) is 22.4 Å². The number of nitro benzene ring substituents is 1. The molecule has 0 aromatic heterocycles. The topological polar surface area (TPSA) is 142 Å². The van der Waals surface area contributed by atoms with Crippen LogP contribution in [0.4, 0.5) is 11.4 Å². The van der Waals surface area contributed by atoms with E-state index in [1.54, 1.807) is 13.0 Å². The van der Waals surface area contributed by atoms with Gasteiger partial charge in [0, 0.05) is 18.7 Å². The van der Waals surface area contributed by atoms with Crippen LogP contribution in [-0.4, -0.2) is 60.6 Å². The van der Waals surface area contributed by atoms with Gasteiger partial charge < -0.3 is 15.0 Å². The van der Waals surface area contributed by atoms with Crippen molar-refractivity contribution >= 4 is 33.2 Å². The SMILES string of the molecule is Cc1ccc(S(=O)(=O)O)c(N2C=C(c3ccccc3[N+](=O)[O-])OC2C(=O)N[C@H]2CN3CCC2CC3)c1. The van der Waals surface area contributed by atoms with E-state index in [1.807, 2.05) is 0 Å². The molecule has 11 nitrogen and oxygen atoms in total. The molecular formula is C24H26N4O7S. The summed E-state index contributed by atoms with van der Waals surface area (Å²) in [4.78, 5) is 27.8. The Morgan fingerprint density at radius 3 is 2.56 bits per heavy atom. The Hall–Kier alpha value is -3.48. The summed E-state index contributed by atoms with van der Waals surface area (Å²) in [5, 5.41) is 14.7. The molecule has 0 saturated carbocycles. The van der Waals surface area contributed by atoms with Gasteiger partial charge in [0.25, 0.3) is 27.9 Å². The standard InChI is InChI=1S/C24H26N4O7S/c1-15-6-7-22(36(32,33)34)20(12-15)27-14-21(17-4-2-3-5-19(17)28(30)31)35-24(27)23(29)25-18-13-26-10-8-16(18)9-11-26/h2-7,12,14,16,18,24H,8-11,13H2,1H3,(H,25,29)(H,32,33,34)/t18-,24?/m0/s1. The highest BCUT2D eigenvalue weighted by Gasteiger charge is 2.41. The predicted octanol–water partition coefficient (Wildman–Crippen LogP) is 2.52. The first-order valence-electron chi connectivity index (χ1n) is 11.6. The first-order chi connectivity index (χ1) is 17.1. The molecule has 1 amide bonds. The van der Waals surface area contributed by atoms with E-state index in [9.17, 15) is 27.9 Å². The van der Waals surface area contributed by atoms with Gasteiger partial charge in [0.1, 0.15) is 4.90 Å². The summed E-state index contributed by atoms with van der Waals surface area (Å²) in [7, 11) is -4.65. The molecule has 0 spiro atoms. The highest BCUT2D eigenvalue weighted by Crippen LogP contribution is 2.38. The average molecular weight is 515 g/mol. The number of nitro groups is 1. The maximum absolute atomic E-state index is 13.5. The normalized spacial score (nSPS) is 25.3. The average Bonchev–Trinajstić information content (AvgIpc) is 3.29. The van der Waals surface area contributed by atoms with Crippen LogP contribution in [0.25, 0.3) is 5.76 Å². The third kappa shape index (κ3) is 4.54. The number of amides is 1. The molecule has 2 aromatic rings. The Balaban J connectivity index is 1.55. The molecule has 190 valence electrons. The second kappa shape index (κ2) is 9.19. The molecule has 4 aliphatic rings. The molecule has 12 heteroatoms. The predicted molar refractivity (Wildman–Crippen MR) is 131 cm³/mol. The van der Waals surface area contributed by atoms with Gasteiger partial charge in [-0.15, -0.1) is 0 Å². The van der Waals surface area contributed by atoms with E-state index in [2.05, 4.69) is 10.2 Å². The molecule has 2 bridgehead atoms. The van der Waals surface area contributed by atoms with Crippen LogP contribution in [0.1, 0.15) is 24.0 Å². The number of carbonyl (C=O) groups excluding carboxylic acids is 1. The molecular weight excluding hydrogens is 488 g/mol. The van der Waals surface area contributed by atoms with Gasteiger partial charge in [-0.3, -0.25) is 24.4 Å². The summed E-state index contributed by atoms with van der Waals surface area (Å²) >= 11 is 0. The van der Waals surface area contributed by atoms with Crippen molar-refractivity contribution in [2.45, 2.75) is 36.9 Å². The first kappa shape index (κ1) is 24.2.